The number of para-hydroxylation sites is 2. The van der Waals surface area contributed by atoms with E-state index in [-0.39, 0.29) is 112 Å². The van der Waals surface area contributed by atoms with Gasteiger partial charge in [-0.05, 0) is 199 Å². The van der Waals surface area contributed by atoms with Gasteiger partial charge in [0.15, 0.2) is 17.1 Å². The minimum atomic E-state index is -0.170. The van der Waals surface area contributed by atoms with E-state index in [1.807, 2.05) is 24.0 Å². The number of aromatic nitrogens is 2. The molecule has 0 spiro atoms. The van der Waals surface area contributed by atoms with E-state index < -0.39 is 0 Å². The normalized spacial score (nSPS) is 19.4. The number of benzene rings is 11. The summed E-state index contributed by atoms with van der Waals surface area (Å²) in [5.74, 6) is 2.87. The molecule has 4 atom stereocenters. The van der Waals surface area contributed by atoms with Gasteiger partial charge >= 0.3 is 51.2 Å². The average Bonchev–Trinajstić information content (AvgIpc) is 1.57. The third-order valence-corrected chi connectivity index (χ3v) is 33.7. The quantitative estimate of drug-likeness (QED) is 0.0223. The molecule has 6 fully saturated rings. The molecule has 0 saturated heterocycles. The van der Waals surface area contributed by atoms with Gasteiger partial charge in [0.25, 0.3) is 0 Å². The van der Waals surface area contributed by atoms with Crippen LogP contribution in [-0.4, -0.2) is 72.9 Å². The third kappa shape index (κ3) is 29.7. The summed E-state index contributed by atoms with van der Waals surface area (Å²) in [7, 11) is 2.24. The predicted molar refractivity (Wildman–Crippen MR) is 627 cm³/mol. The number of pyridine rings is 2. The van der Waals surface area contributed by atoms with E-state index in [1.54, 1.807) is 0 Å². The van der Waals surface area contributed by atoms with E-state index >= 15 is 0 Å². The van der Waals surface area contributed by atoms with Gasteiger partial charge in [-0.2, -0.15) is 13.7 Å². The standard InChI is InChI=1S/C40H41N2.C39H43N2S.C36H39N2.3C5H10.6CH3.3Fe/c1-40(29-31-16-3-2-4-17-31)38(27-25-34-24-22-33-19-8-10-21-36(33)41-34)42(28-12-11-15-30-13-5-6-14-30)37-26-23-32-18-7-9-20-35(32)39(37)40;1-39(28-30-17-4-3-5-18-30)36(25-26-37-40(2)33-21-10-11-22-35(33)42-37)41(27-13-12-16-29-14-6-7-15-29)34-24-23-31-19-8-9-20-32(31)38(34)39;1-36(27-29-16-3-2-4-17-29)34(24-22-31-19-9-11-25-37-31)38(26-12-10-15-28-13-5-6-14-28)33-23-21-30-18-7-8-20-32(30)35(33)36;3*1-2-4-5-3-1;;;;;;;;;/h2-4,7-10,16-27,30H,5-6,11-15,28-29H2,1H3;3-5,8-11,17-26,29,37H,6-7,12-16,27-28H2,1-2H3;2-4,7-9,11,16-25,28H,5-6,10,12-15,26-27H2,1H3;3*1-5H2;6*1H3;;;/q3*+1;;;;6*-1;3*+2/b27-25+;26-25+;24-22+;;;;;;;;;;;;. The van der Waals surface area contributed by atoms with Crippen LogP contribution in [0.25, 0.3) is 55.4 Å². The second-order valence-electron chi connectivity index (χ2n) is 42.2. The molecule has 0 bridgehead atoms. The molecule has 6 heterocycles. The number of allylic oxidation sites excluding steroid dienone is 3. The second-order valence-corrected chi connectivity index (χ2v) is 43.3. The first-order valence-corrected chi connectivity index (χ1v) is 54.8. The Morgan fingerprint density at radius 3 is 0.986 bits per heavy atom. The monoisotopic (exact) mass is 2090 g/mol. The molecule has 10 aliphatic rings. The Kier molecular flexibility index (Phi) is 49.3. The molecule has 0 radical (unpaired) electrons. The number of fused-ring (bicyclic) bond motifs is 11. The summed E-state index contributed by atoms with van der Waals surface area (Å²) < 4.78 is 7.98. The number of anilines is 1. The van der Waals surface area contributed by atoms with Gasteiger partial charge in [0.05, 0.1) is 44.2 Å². The van der Waals surface area contributed by atoms with Crippen molar-refractivity contribution in [3.8, 4) is 0 Å². The van der Waals surface area contributed by atoms with E-state index in [0.717, 1.165) is 73.6 Å². The fourth-order valence-corrected chi connectivity index (χ4v) is 26.3. The Balaban J connectivity index is 0.000000220. The zero-order chi connectivity index (χ0) is 93.3. The smallest absolute Gasteiger partial charge is 0.358 e. The summed E-state index contributed by atoms with van der Waals surface area (Å²) in [4.78, 5) is 13.4. The first-order valence-electron chi connectivity index (χ1n) is 54.0. The number of unbranched alkanes of at least 4 members (excludes halogenated alkanes) is 3. The second kappa shape index (κ2) is 59.9. The number of hydrogen-bond donors (Lipinski definition) is 0. The van der Waals surface area contributed by atoms with Crippen molar-refractivity contribution in [1.29, 1.82) is 0 Å². The first kappa shape index (κ1) is 120. The van der Waals surface area contributed by atoms with E-state index in [0.29, 0.717) is 5.37 Å². The summed E-state index contributed by atoms with van der Waals surface area (Å²) in [6, 6.07) is 102. The van der Waals surface area contributed by atoms with E-state index in [1.165, 1.54) is 347 Å². The molecule has 4 aliphatic heterocycles. The number of hydrogen-bond acceptors (Lipinski definition) is 4. The summed E-state index contributed by atoms with van der Waals surface area (Å²) in [5, 5.41) is 9.59. The van der Waals surface area contributed by atoms with Crippen LogP contribution in [0.15, 0.2) is 314 Å². The van der Waals surface area contributed by atoms with Crippen molar-refractivity contribution in [2.24, 2.45) is 17.8 Å². The molecule has 11 aromatic carbocycles. The van der Waals surface area contributed by atoms with Crippen LogP contribution >= 0.6 is 11.8 Å². The van der Waals surface area contributed by atoms with Crippen LogP contribution in [0.1, 0.15) is 297 Å². The van der Waals surface area contributed by atoms with Crippen molar-refractivity contribution in [3.63, 3.8) is 0 Å². The van der Waals surface area contributed by atoms with Crippen molar-refractivity contribution in [3.05, 3.63) is 399 Å². The largest absolute Gasteiger partial charge is 2.00 e. The summed E-state index contributed by atoms with van der Waals surface area (Å²) in [5.41, 5.74) is 20.9. The molecule has 2 aromatic heterocycles. The SMILES string of the molecule is C1CCCC1.C1CCCC1.C1CCCC1.CC1(Cc2ccccc2)C(/C=C/c2ccc3ccccc3n2)=[N+](CCCCC2CCCC2)c2ccc3ccccc3c21.CC1(Cc2ccccc2)C(/C=C/c2ccccn2)=[N+](CCCCC2CCCC2)c2ccc3ccccc3c21.CN1c2ccccc2SC1/C=C/C1=[N+](CCCCC2CCCC2)c2ccc3ccccc3c2C1(C)Cc1ccccc1.[CH3-].[CH3-].[CH3-].[CH3-].[CH3-].[CH3-].[Fe+2].[Fe+2].[Fe+2]. The zero-order valence-electron chi connectivity index (χ0n) is 90.3. The summed E-state index contributed by atoms with van der Waals surface area (Å²) in [6.45, 7) is 10.6. The molecule has 0 N–H and O–H groups in total. The van der Waals surface area contributed by atoms with Gasteiger partial charge in [-0.25, -0.2) is 4.98 Å². The van der Waals surface area contributed by atoms with E-state index in [9.17, 15) is 0 Å². The molecule has 772 valence electrons. The number of thioether (sulfide) groups is 1. The van der Waals surface area contributed by atoms with Gasteiger partial charge in [0, 0.05) is 95.9 Å². The topological polar surface area (TPSA) is 38.0 Å². The number of nitrogens with zero attached hydrogens (tertiary/aromatic N) is 6. The van der Waals surface area contributed by atoms with E-state index in [4.69, 9.17) is 4.98 Å². The van der Waals surface area contributed by atoms with Crippen molar-refractivity contribution in [1.82, 2.24) is 9.97 Å². The Morgan fingerprint density at radius 2 is 0.623 bits per heavy atom. The zero-order valence-corrected chi connectivity index (χ0v) is 94.4. The Bertz CT molecular complexity index is 6280. The molecule has 10 heteroatoms. The van der Waals surface area contributed by atoms with Crippen molar-refractivity contribution in [2.45, 2.75) is 298 Å². The molecule has 6 nitrogen and oxygen atoms in total. The maximum Gasteiger partial charge on any atom is 2.00 e. The van der Waals surface area contributed by atoms with Gasteiger partial charge in [-0.3, -0.25) is 4.98 Å². The van der Waals surface area contributed by atoms with E-state index in [2.05, 4.69) is 361 Å². The van der Waals surface area contributed by atoms with Crippen LogP contribution in [-0.2, 0) is 86.7 Å². The van der Waals surface area contributed by atoms with Crippen LogP contribution in [0, 0.1) is 62.3 Å². The maximum atomic E-state index is 4.99. The first-order chi connectivity index (χ1) is 67.5. The molecule has 6 saturated carbocycles. The number of rotatable bonds is 27. The molecule has 146 heavy (non-hydrogen) atoms. The Morgan fingerprint density at radius 1 is 0.308 bits per heavy atom. The fraction of sp³-hybridized carbons (Fsp3) is 0.390. The van der Waals surface area contributed by atoms with Crippen LogP contribution in [0.2, 0.25) is 0 Å². The molecule has 4 unspecified atom stereocenters. The van der Waals surface area contributed by atoms with Gasteiger partial charge < -0.3 is 49.5 Å². The molecule has 0 amide bonds. The summed E-state index contributed by atoms with van der Waals surface area (Å²) >= 11 is 1.96. The number of likely N-dealkylation sites (N-methyl/N-ethyl adjacent to an activating group) is 1. The van der Waals surface area contributed by atoms with Crippen molar-refractivity contribution >= 4 is 107 Å². The maximum absolute atomic E-state index is 4.99. The van der Waals surface area contributed by atoms with Gasteiger partial charge in [-0.1, -0.05) is 411 Å². The Labute approximate surface area is 920 Å². The third-order valence-electron chi connectivity index (χ3n) is 32.4. The molecular weight excluding hydrogens is 1920 g/mol. The Hall–Kier alpha value is -9.30. The van der Waals surface area contributed by atoms with Crippen LogP contribution in [0.3, 0.4) is 0 Å². The molecule has 23 rings (SSSR count). The summed E-state index contributed by atoms with van der Waals surface area (Å²) in [6.07, 6.45) is 70.5. The molecule has 13 aromatic rings. The van der Waals surface area contributed by atoms with Crippen LogP contribution in [0.4, 0.5) is 22.7 Å². The van der Waals surface area contributed by atoms with Gasteiger partial charge in [0.2, 0.25) is 17.1 Å². The predicted octanol–water partition coefficient (Wildman–Crippen LogP) is 37.4. The van der Waals surface area contributed by atoms with Gasteiger partial charge in [0.1, 0.15) is 19.6 Å². The van der Waals surface area contributed by atoms with Gasteiger partial charge in [-0.15, -0.1) is 0 Å². The van der Waals surface area contributed by atoms with Crippen molar-refractivity contribution in [2.75, 3.05) is 31.6 Å². The van der Waals surface area contributed by atoms with Crippen LogP contribution < -0.4 is 4.90 Å². The fourth-order valence-electron chi connectivity index (χ4n) is 25.1. The molecule has 6 aliphatic carbocycles. The molecular formula is C136H171Fe3N6S+3. The van der Waals surface area contributed by atoms with Crippen molar-refractivity contribution < 1.29 is 64.9 Å². The average molecular weight is 2090 g/mol. The minimum absolute atomic E-state index is 0. The van der Waals surface area contributed by atoms with Crippen LogP contribution in [0.5, 0.6) is 0 Å². The minimum Gasteiger partial charge on any atom is -0.358 e.